The molecule has 0 radical (unpaired) electrons. The number of H-pyrrole nitrogens is 1. The number of aromatic nitrogens is 3. The van der Waals surface area contributed by atoms with Crippen molar-refractivity contribution in [3.8, 4) is 0 Å². The van der Waals surface area contributed by atoms with E-state index in [1.807, 2.05) is 21.8 Å². The van der Waals surface area contributed by atoms with Gasteiger partial charge in [0.15, 0.2) is 0 Å². The zero-order valence-electron chi connectivity index (χ0n) is 11.0. The van der Waals surface area contributed by atoms with Crippen LogP contribution in [0.3, 0.4) is 0 Å². The Morgan fingerprint density at radius 2 is 2.15 bits per heavy atom. The van der Waals surface area contributed by atoms with Crippen LogP contribution in [0.25, 0.3) is 0 Å². The van der Waals surface area contributed by atoms with E-state index >= 15 is 0 Å². The summed E-state index contributed by atoms with van der Waals surface area (Å²) in [6.07, 6.45) is 7.37. The molecule has 2 aromatic heterocycles. The fraction of sp³-hybridized carbons (Fsp3) is 0.357. The topological polar surface area (TPSA) is 53.9 Å². The van der Waals surface area contributed by atoms with E-state index in [2.05, 4.69) is 10.1 Å². The lowest BCUT2D eigenvalue weighted by atomic mass is 10.0. The summed E-state index contributed by atoms with van der Waals surface area (Å²) in [4.78, 5) is 17.2. The number of carbonyl (C=O) groups is 1. The van der Waals surface area contributed by atoms with Crippen molar-refractivity contribution < 1.29 is 4.79 Å². The van der Waals surface area contributed by atoms with Crippen LogP contribution < -0.4 is 0 Å². The molecular weight excluding hydrogens is 272 g/mol. The van der Waals surface area contributed by atoms with Gasteiger partial charge in [-0.1, -0.05) is 12.2 Å². The maximum atomic E-state index is 12.4. The first kappa shape index (κ1) is 13.1. The Balaban J connectivity index is 1.68. The molecule has 1 N–H and O–H groups in total. The number of nitrogens with one attached hydrogen (secondary N) is 1. The largest absolute Gasteiger partial charge is 0.352 e. The van der Waals surface area contributed by atoms with E-state index in [9.17, 15) is 4.79 Å². The van der Waals surface area contributed by atoms with Gasteiger partial charge in [0, 0.05) is 31.7 Å². The lowest BCUT2D eigenvalue weighted by Gasteiger charge is -2.32. The van der Waals surface area contributed by atoms with Gasteiger partial charge in [-0.05, 0) is 31.0 Å². The summed E-state index contributed by atoms with van der Waals surface area (Å²) in [6.45, 7) is 1.49. The maximum Gasteiger partial charge on any atom is 0.256 e. The minimum absolute atomic E-state index is 0.0192. The number of hydrogen-bond donors (Lipinski definition) is 1. The molecule has 1 amide bonds. The molecule has 3 rings (SSSR count). The molecule has 0 bridgehead atoms. The predicted molar refractivity (Wildman–Crippen MR) is 78.0 cm³/mol. The molecule has 0 aromatic carbocycles. The summed E-state index contributed by atoms with van der Waals surface area (Å²) in [5, 5.41) is 4.27. The van der Waals surface area contributed by atoms with Crippen molar-refractivity contribution in [3.05, 3.63) is 47.0 Å². The van der Waals surface area contributed by atoms with Crippen LogP contribution in [0.2, 0.25) is 0 Å². The Hall–Kier alpha value is -1.95. The van der Waals surface area contributed by atoms with Crippen molar-refractivity contribution in [2.45, 2.75) is 18.9 Å². The number of pyridine rings is 1. The van der Waals surface area contributed by atoms with Crippen LogP contribution in [0.1, 0.15) is 29.2 Å². The highest BCUT2D eigenvalue weighted by molar-refractivity contribution is 7.71. The monoisotopic (exact) mass is 288 g/mol. The molecule has 1 aliphatic rings. The first-order chi connectivity index (χ1) is 9.75. The van der Waals surface area contributed by atoms with Crippen LogP contribution in [0, 0.1) is 4.64 Å². The Kier molecular flexibility index (Phi) is 3.64. The van der Waals surface area contributed by atoms with Gasteiger partial charge in [0.2, 0.25) is 0 Å². The standard InChI is InChI=1S/C14H16N4OS/c19-14(12-3-1-6-15-13(12)20)17-9-4-11(5-10-17)18-8-2-7-16-18/h1-3,6-8,11H,4-5,9-10H2,(H,15,20). The van der Waals surface area contributed by atoms with Crippen molar-refractivity contribution in [1.82, 2.24) is 19.7 Å². The van der Waals surface area contributed by atoms with Crippen LogP contribution in [0.5, 0.6) is 0 Å². The van der Waals surface area contributed by atoms with Gasteiger partial charge in [-0.25, -0.2) is 0 Å². The van der Waals surface area contributed by atoms with Crippen molar-refractivity contribution in [3.63, 3.8) is 0 Å². The van der Waals surface area contributed by atoms with Crippen LogP contribution in [0.4, 0.5) is 0 Å². The average molecular weight is 288 g/mol. The van der Waals surface area contributed by atoms with Gasteiger partial charge in [-0.3, -0.25) is 9.48 Å². The minimum Gasteiger partial charge on any atom is -0.352 e. The Morgan fingerprint density at radius 3 is 2.80 bits per heavy atom. The van der Waals surface area contributed by atoms with Gasteiger partial charge in [0.25, 0.3) is 5.91 Å². The molecular formula is C14H16N4OS. The van der Waals surface area contributed by atoms with Crippen molar-refractivity contribution in [2.24, 2.45) is 0 Å². The summed E-state index contributed by atoms with van der Waals surface area (Å²) in [7, 11) is 0. The lowest BCUT2D eigenvalue weighted by molar-refractivity contribution is 0.0689. The fourth-order valence-corrected chi connectivity index (χ4v) is 2.81. The molecule has 1 saturated heterocycles. The summed E-state index contributed by atoms with van der Waals surface area (Å²) in [5.74, 6) is 0.0192. The molecule has 6 heteroatoms. The number of aromatic amines is 1. The van der Waals surface area contributed by atoms with Gasteiger partial charge >= 0.3 is 0 Å². The Morgan fingerprint density at radius 1 is 1.35 bits per heavy atom. The molecule has 0 saturated carbocycles. The minimum atomic E-state index is 0.0192. The van der Waals surface area contributed by atoms with E-state index in [1.54, 1.807) is 24.5 Å². The number of rotatable bonds is 2. The number of nitrogens with zero attached hydrogens (tertiary/aromatic N) is 3. The highest BCUT2D eigenvalue weighted by atomic mass is 32.1. The molecule has 5 nitrogen and oxygen atoms in total. The third-order valence-corrected chi connectivity index (χ3v) is 4.04. The predicted octanol–water partition coefficient (Wildman–Crippen LogP) is 2.42. The molecule has 1 fully saturated rings. The SMILES string of the molecule is O=C(c1ccc[nH]c1=S)N1CCC(n2cccn2)CC1. The number of piperidine rings is 1. The summed E-state index contributed by atoms with van der Waals surface area (Å²) < 4.78 is 2.49. The van der Waals surface area contributed by atoms with E-state index in [0.29, 0.717) is 16.2 Å². The quantitative estimate of drug-likeness (QED) is 0.863. The first-order valence-corrected chi connectivity index (χ1v) is 7.12. The second-order valence-corrected chi connectivity index (χ2v) is 5.33. The highest BCUT2D eigenvalue weighted by Crippen LogP contribution is 2.22. The Bertz CT molecular complexity index is 641. The van der Waals surface area contributed by atoms with E-state index in [1.165, 1.54) is 0 Å². The molecule has 3 heterocycles. The first-order valence-electron chi connectivity index (χ1n) is 6.72. The molecule has 0 aliphatic carbocycles. The summed E-state index contributed by atoms with van der Waals surface area (Å²) >= 11 is 5.17. The average Bonchev–Trinajstić information content (AvgIpc) is 3.01. The second-order valence-electron chi connectivity index (χ2n) is 4.92. The van der Waals surface area contributed by atoms with Gasteiger partial charge in [0.1, 0.15) is 4.64 Å². The third-order valence-electron chi connectivity index (χ3n) is 3.70. The van der Waals surface area contributed by atoms with E-state index in [0.717, 1.165) is 25.9 Å². The third kappa shape index (κ3) is 2.51. The van der Waals surface area contributed by atoms with Crippen molar-refractivity contribution in [1.29, 1.82) is 0 Å². The van der Waals surface area contributed by atoms with Crippen LogP contribution in [-0.4, -0.2) is 38.7 Å². The van der Waals surface area contributed by atoms with Crippen LogP contribution in [-0.2, 0) is 0 Å². The van der Waals surface area contributed by atoms with Crippen LogP contribution >= 0.6 is 12.2 Å². The number of amides is 1. The number of likely N-dealkylation sites (tertiary alicyclic amines) is 1. The van der Waals surface area contributed by atoms with Crippen molar-refractivity contribution >= 4 is 18.1 Å². The number of carbonyl (C=O) groups excluding carboxylic acids is 1. The molecule has 20 heavy (non-hydrogen) atoms. The number of hydrogen-bond acceptors (Lipinski definition) is 3. The molecule has 0 atom stereocenters. The second kappa shape index (κ2) is 5.58. The molecule has 104 valence electrons. The van der Waals surface area contributed by atoms with E-state index < -0.39 is 0 Å². The van der Waals surface area contributed by atoms with Gasteiger partial charge < -0.3 is 9.88 Å². The van der Waals surface area contributed by atoms with Gasteiger partial charge in [-0.2, -0.15) is 5.10 Å². The molecule has 2 aromatic rings. The normalized spacial score (nSPS) is 16.3. The van der Waals surface area contributed by atoms with Gasteiger partial charge in [-0.15, -0.1) is 0 Å². The smallest absolute Gasteiger partial charge is 0.256 e. The summed E-state index contributed by atoms with van der Waals surface area (Å²) in [6, 6.07) is 5.90. The highest BCUT2D eigenvalue weighted by Gasteiger charge is 2.25. The Labute approximate surface area is 122 Å². The van der Waals surface area contributed by atoms with Gasteiger partial charge in [0.05, 0.1) is 11.6 Å². The molecule has 0 spiro atoms. The van der Waals surface area contributed by atoms with E-state index in [-0.39, 0.29) is 5.91 Å². The van der Waals surface area contributed by atoms with Crippen LogP contribution in [0.15, 0.2) is 36.8 Å². The zero-order valence-corrected chi connectivity index (χ0v) is 11.8. The molecule has 1 aliphatic heterocycles. The summed E-state index contributed by atoms with van der Waals surface area (Å²) in [5.41, 5.74) is 0.583. The van der Waals surface area contributed by atoms with E-state index in [4.69, 9.17) is 12.2 Å². The molecule has 0 unspecified atom stereocenters. The zero-order chi connectivity index (χ0) is 13.9. The van der Waals surface area contributed by atoms with Crippen molar-refractivity contribution in [2.75, 3.05) is 13.1 Å². The lowest BCUT2D eigenvalue weighted by Crippen LogP contribution is -2.39. The maximum absolute atomic E-state index is 12.4. The fourth-order valence-electron chi connectivity index (χ4n) is 2.59.